The maximum Gasteiger partial charge on any atom is 0.318 e. The van der Waals surface area contributed by atoms with E-state index in [-0.39, 0.29) is 42.8 Å². The highest BCUT2D eigenvalue weighted by Gasteiger charge is 2.45. The fraction of sp³-hybridized carbons (Fsp3) is 0.375. The van der Waals surface area contributed by atoms with Crippen LogP contribution in [0.2, 0.25) is 5.02 Å². The number of aliphatic hydroxyl groups excluding tert-OH is 1. The standard InChI is InChI=1S/C24H23ClF3N5O5S/c25-15-3-1-13(2-4-15)9-33-19-7-16(17(26)8-20(19)39(36,37)12-18(29)22(33)35)21-30-31-23(38-21)32-6-5-24(27,28)14(10-32)11-34/h1-4,7-8,14,18,34H,5-6,9-12,29H2/t14?,18-/m0/s1. The summed E-state index contributed by atoms with van der Waals surface area (Å²) in [6.45, 7) is -1.25. The zero-order chi connectivity index (χ0) is 28.1. The van der Waals surface area contributed by atoms with Gasteiger partial charge in [-0.2, -0.15) is 0 Å². The van der Waals surface area contributed by atoms with Gasteiger partial charge in [-0.05, 0) is 29.8 Å². The Hall–Kier alpha value is -3.20. The second kappa shape index (κ2) is 10.1. The zero-order valence-electron chi connectivity index (χ0n) is 20.2. The predicted octanol–water partition coefficient (Wildman–Crippen LogP) is 2.63. The molecule has 0 radical (unpaired) electrons. The average Bonchev–Trinajstić information content (AvgIpc) is 3.35. The van der Waals surface area contributed by atoms with E-state index in [1.54, 1.807) is 24.3 Å². The molecule has 10 nitrogen and oxygen atoms in total. The highest BCUT2D eigenvalue weighted by atomic mass is 35.5. The van der Waals surface area contributed by atoms with Crippen LogP contribution in [-0.4, -0.2) is 67.0 Å². The molecule has 15 heteroatoms. The maximum absolute atomic E-state index is 15.3. The van der Waals surface area contributed by atoms with Crippen molar-refractivity contribution in [2.24, 2.45) is 11.7 Å². The Morgan fingerprint density at radius 3 is 2.62 bits per heavy atom. The Kier molecular flexibility index (Phi) is 7.07. The summed E-state index contributed by atoms with van der Waals surface area (Å²) in [5, 5.41) is 17.5. The number of rotatable bonds is 5. The molecule has 1 amide bonds. The summed E-state index contributed by atoms with van der Waals surface area (Å²) in [7, 11) is -4.16. The minimum atomic E-state index is -4.16. The van der Waals surface area contributed by atoms with Gasteiger partial charge in [-0.3, -0.25) is 4.79 Å². The van der Waals surface area contributed by atoms with Crippen LogP contribution < -0.4 is 15.5 Å². The van der Waals surface area contributed by atoms with Gasteiger partial charge in [0, 0.05) is 24.5 Å². The monoisotopic (exact) mass is 585 g/mol. The van der Waals surface area contributed by atoms with E-state index < -0.39 is 63.1 Å². The van der Waals surface area contributed by atoms with Crippen LogP contribution in [0.5, 0.6) is 0 Å². The number of carbonyl (C=O) groups is 1. The second-order valence-corrected chi connectivity index (χ2v) is 11.9. The summed E-state index contributed by atoms with van der Waals surface area (Å²) in [5.41, 5.74) is 6.10. The van der Waals surface area contributed by atoms with Crippen molar-refractivity contribution in [1.29, 1.82) is 0 Å². The lowest BCUT2D eigenvalue weighted by Crippen LogP contribution is -2.48. The van der Waals surface area contributed by atoms with Crippen molar-refractivity contribution in [3.8, 4) is 11.5 Å². The number of benzene rings is 2. The molecular weight excluding hydrogens is 563 g/mol. The van der Waals surface area contributed by atoms with Crippen molar-refractivity contribution in [3.63, 3.8) is 0 Å². The first-order valence-corrected chi connectivity index (χ1v) is 13.9. The Morgan fingerprint density at radius 1 is 1.21 bits per heavy atom. The third kappa shape index (κ3) is 5.21. The molecule has 5 rings (SSSR count). The van der Waals surface area contributed by atoms with Gasteiger partial charge in [0.2, 0.25) is 5.91 Å². The van der Waals surface area contributed by atoms with Crippen molar-refractivity contribution in [2.45, 2.75) is 29.8 Å². The lowest BCUT2D eigenvalue weighted by Gasteiger charge is -2.36. The number of sulfone groups is 1. The molecule has 2 aliphatic rings. The van der Waals surface area contributed by atoms with Crippen molar-refractivity contribution in [2.75, 3.05) is 35.2 Å². The molecule has 2 aromatic carbocycles. The maximum atomic E-state index is 15.3. The predicted molar refractivity (Wildman–Crippen MR) is 135 cm³/mol. The number of nitrogens with zero attached hydrogens (tertiary/aromatic N) is 4. The SMILES string of the molecule is N[C@H]1CS(=O)(=O)c2cc(F)c(-c3nnc(N4CCC(F)(F)C(CO)C4)o3)cc2N(Cc2ccc(Cl)cc2)C1=O. The van der Waals surface area contributed by atoms with Crippen LogP contribution >= 0.6 is 11.6 Å². The van der Waals surface area contributed by atoms with E-state index in [0.717, 1.165) is 17.0 Å². The summed E-state index contributed by atoms with van der Waals surface area (Å²) in [4.78, 5) is 15.3. The van der Waals surface area contributed by atoms with Gasteiger partial charge in [0.25, 0.3) is 11.8 Å². The van der Waals surface area contributed by atoms with Crippen LogP contribution in [0, 0.1) is 11.7 Å². The fourth-order valence-electron chi connectivity index (χ4n) is 4.62. The first-order valence-electron chi connectivity index (χ1n) is 11.8. The first kappa shape index (κ1) is 27.4. The Labute approximate surface area is 226 Å². The van der Waals surface area contributed by atoms with Gasteiger partial charge < -0.3 is 25.1 Å². The van der Waals surface area contributed by atoms with Gasteiger partial charge in [-0.25, -0.2) is 21.6 Å². The van der Waals surface area contributed by atoms with Crippen LogP contribution in [0.1, 0.15) is 12.0 Å². The number of anilines is 2. The molecule has 3 heterocycles. The van der Waals surface area contributed by atoms with E-state index in [2.05, 4.69) is 10.2 Å². The van der Waals surface area contributed by atoms with Gasteiger partial charge in [0.1, 0.15) is 5.82 Å². The van der Waals surface area contributed by atoms with Gasteiger partial charge in [0.05, 0.1) is 47.0 Å². The molecule has 0 saturated carbocycles. The molecule has 3 aromatic rings. The van der Waals surface area contributed by atoms with E-state index >= 15 is 4.39 Å². The zero-order valence-corrected chi connectivity index (χ0v) is 21.8. The molecule has 2 atom stereocenters. The van der Waals surface area contributed by atoms with Gasteiger partial charge in [-0.1, -0.05) is 28.8 Å². The molecule has 1 saturated heterocycles. The minimum absolute atomic E-state index is 0.0864. The van der Waals surface area contributed by atoms with Crippen LogP contribution in [0.4, 0.5) is 24.9 Å². The summed E-state index contributed by atoms with van der Waals surface area (Å²) in [5.74, 6) is -7.20. The molecule has 0 aliphatic carbocycles. The number of alkyl halides is 2. The third-order valence-corrected chi connectivity index (χ3v) is 8.85. The van der Waals surface area contributed by atoms with Crippen LogP contribution in [0.3, 0.4) is 0 Å². The third-order valence-electron chi connectivity index (χ3n) is 6.80. The molecule has 208 valence electrons. The highest BCUT2D eigenvalue weighted by molar-refractivity contribution is 7.91. The number of aromatic nitrogens is 2. The van der Waals surface area contributed by atoms with Crippen LogP contribution in [0.25, 0.3) is 11.5 Å². The molecule has 39 heavy (non-hydrogen) atoms. The van der Waals surface area contributed by atoms with E-state index in [4.69, 9.17) is 21.8 Å². The van der Waals surface area contributed by atoms with Crippen molar-refractivity contribution in [1.82, 2.24) is 10.2 Å². The number of halogens is 4. The topological polar surface area (TPSA) is 143 Å². The van der Waals surface area contributed by atoms with Gasteiger partial charge >= 0.3 is 6.01 Å². The smallest absolute Gasteiger partial charge is 0.318 e. The molecule has 3 N–H and O–H groups in total. The second-order valence-electron chi connectivity index (χ2n) is 9.46. The van der Waals surface area contributed by atoms with Crippen molar-refractivity contribution < 1.29 is 35.9 Å². The normalized spacial score (nSPS) is 22.5. The lowest BCUT2D eigenvalue weighted by atomic mass is 9.95. The minimum Gasteiger partial charge on any atom is -0.403 e. The Morgan fingerprint density at radius 2 is 1.92 bits per heavy atom. The molecular formula is C24H23ClF3N5O5S. The Bertz CT molecular complexity index is 1520. The largest absolute Gasteiger partial charge is 0.403 e. The molecule has 0 bridgehead atoms. The number of aliphatic hydroxyl groups is 1. The van der Waals surface area contributed by atoms with E-state index in [1.807, 2.05) is 0 Å². The quantitative estimate of drug-likeness (QED) is 0.462. The average molecular weight is 586 g/mol. The van der Waals surface area contributed by atoms with Gasteiger partial charge in [-0.15, -0.1) is 5.10 Å². The van der Waals surface area contributed by atoms with E-state index in [9.17, 15) is 27.1 Å². The molecule has 1 unspecified atom stereocenters. The van der Waals surface area contributed by atoms with E-state index in [0.29, 0.717) is 10.6 Å². The number of amides is 1. The number of hydrogen-bond donors (Lipinski definition) is 2. The van der Waals surface area contributed by atoms with Crippen molar-refractivity contribution >= 4 is 39.0 Å². The number of nitrogens with two attached hydrogens (primary N) is 1. The number of piperidine rings is 1. The summed E-state index contributed by atoms with van der Waals surface area (Å²) in [6, 6.07) is 6.83. The van der Waals surface area contributed by atoms with Crippen LogP contribution in [0.15, 0.2) is 45.7 Å². The molecule has 0 spiro atoms. The summed E-state index contributed by atoms with van der Waals surface area (Å²) >= 11 is 5.95. The molecule has 1 aromatic heterocycles. The number of fused-ring (bicyclic) bond motifs is 1. The highest BCUT2D eigenvalue weighted by Crippen LogP contribution is 2.39. The Balaban J connectivity index is 1.55. The number of hydrogen-bond acceptors (Lipinski definition) is 9. The summed E-state index contributed by atoms with van der Waals surface area (Å²) in [6.07, 6.45) is -0.553. The van der Waals surface area contributed by atoms with Gasteiger partial charge in [0.15, 0.2) is 9.84 Å². The summed E-state index contributed by atoms with van der Waals surface area (Å²) < 4.78 is 75.0. The molecule has 1 fully saturated rings. The van der Waals surface area contributed by atoms with Crippen molar-refractivity contribution in [3.05, 3.63) is 52.8 Å². The fourth-order valence-corrected chi connectivity index (χ4v) is 6.31. The van der Waals surface area contributed by atoms with E-state index in [1.165, 1.54) is 4.90 Å². The first-order chi connectivity index (χ1) is 18.4. The lowest BCUT2D eigenvalue weighted by molar-refractivity contribution is -0.119. The van der Waals surface area contributed by atoms with Crippen LogP contribution in [-0.2, 0) is 21.2 Å². The number of carbonyl (C=O) groups excluding carboxylic acids is 1. The molecule has 2 aliphatic heterocycles.